The van der Waals surface area contributed by atoms with E-state index in [0.717, 1.165) is 0 Å². The molecule has 3 aliphatic heterocycles. The summed E-state index contributed by atoms with van der Waals surface area (Å²) in [5.74, 6) is 1.03. The molecule has 1 aromatic carbocycles. The fraction of sp³-hybridized carbons (Fsp3) is 0.654. The molecule has 0 saturated carbocycles. The van der Waals surface area contributed by atoms with E-state index in [1.807, 2.05) is 26.8 Å². The van der Waals surface area contributed by atoms with Gasteiger partial charge in [0.2, 0.25) is 17.7 Å². The number of rotatable bonds is 6. The molecule has 3 amide bonds. The lowest BCUT2D eigenvalue weighted by atomic mass is 9.75. The summed E-state index contributed by atoms with van der Waals surface area (Å²) in [6, 6.07) is 7.31. The lowest BCUT2D eigenvalue weighted by Crippen LogP contribution is -2.51. The smallest absolute Gasteiger partial charge is 0.225 e. The lowest BCUT2D eigenvalue weighted by molar-refractivity contribution is -0.144. The molecule has 0 aromatic heterocycles. The van der Waals surface area contributed by atoms with Crippen molar-refractivity contribution in [1.82, 2.24) is 14.7 Å². The standard InChI is InChI=1S/C26H36ClN3O5/c1-20(31)28-9-5-21(6-10-28)25(33)30-11-7-26(8-12-30,18-24(32)29-13-15-34-16-14-29)19-35-23-4-2-3-22(27)17-23/h2-4,17,21H,5-16,18-19H2,1H3. The first-order valence-electron chi connectivity index (χ1n) is 12.6. The van der Waals surface area contributed by atoms with Crippen LogP contribution in [0, 0.1) is 11.3 Å². The van der Waals surface area contributed by atoms with Gasteiger partial charge in [-0.3, -0.25) is 14.4 Å². The third kappa shape index (κ3) is 6.67. The van der Waals surface area contributed by atoms with Gasteiger partial charge >= 0.3 is 0 Å². The molecule has 3 fully saturated rings. The highest BCUT2D eigenvalue weighted by molar-refractivity contribution is 6.30. The van der Waals surface area contributed by atoms with E-state index in [0.29, 0.717) is 102 Å². The first kappa shape index (κ1) is 25.8. The lowest BCUT2D eigenvalue weighted by Gasteiger charge is -2.43. The predicted octanol–water partition coefficient (Wildman–Crippen LogP) is 2.84. The normalized spacial score (nSPS) is 21.0. The fourth-order valence-corrected chi connectivity index (χ4v) is 5.49. The molecular weight excluding hydrogens is 470 g/mol. The number of morpholine rings is 1. The van der Waals surface area contributed by atoms with Gasteiger partial charge in [-0.2, -0.15) is 0 Å². The summed E-state index contributed by atoms with van der Waals surface area (Å²) < 4.78 is 11.5. The Morgan fingerprint density at radius 1 is 1.00 bits per heavy atom. The summed E-state index contributed by atoms with van der Waals surface area (Å²) in [5.41, 5.74) is -0.341. The highest BCUT2D eigenvalue weighted by atomic mass is 35.5. The largest absolute Gasteiger partial charge is 0.493 e. The van der Waals surface area contributed by atoms with Crippen LogP contribution in [-0.2, 0) is 19.1 Å². The van der Waals surface area contributed by atoms with Crippen molar-refractivity contribution in [3.05, 3.63) is 29.3 Å². The minimum Gasteiger partial charge on any atom is -0.493 e. The Balaban J connectivity index is 1.38. The summed E-state index contributed by atoms with van der Waals surface area (Å²) in [5, 5.41) is 0.608. The van der Waals surface area contributed by atoms with Crippen LogP contribution in [0.15, 0.2) is 24.3 Å². The second-order valence-corrected chi connectivity index (χ2v) is 10.5. The number of hydrogen-bond donors (Lipinski definition) is 0. The van der Waals surface area contributed by atoms with Gasteiger partial charge in [0, 0.05) is 69.0 Å². The van der Waals surface area contributed by atoms with Crippen molar-refractivity contribution in [2.75, 3.05) is 59.1 Å². The van der Waals surface area contributed by atoms with Gasteiger partial charge in [0.15, 0.2) is 0 Å². The van der Waals surface area contributed by atoms with Gasteiger partial charge in [0.25, 0.3) is 0 Å². The van der Waals surface area contributed by atoms with Gasteiger partial charge in [-0.05, 0) is 43.9 Å². The molecule has 1 aromatic rings. The van der Waals surface area contributed by atoms with Crippen LogP contribution in [0.5, 0.6) is 5.75 Å². The Hall–Kier alpha value is -2.32. The first-order chi connectivity index (χ1) is 16.8. The van der Waals surface area contributed by atoms with Crippen LogP contribution in [0.2, 0.25) is 5.02 Å². The highest BCUT2D eigenvalue weighted by Gasteiger charge is 2.41. The number of amides is 3. The van der Waals surface area contributed by atoms with Crippen molar-refractivity contribution in [3.8, 4) is 5.75 Å². The predicted molar refractivity (Wildman–Crippen MR) is 132 cm³/mol. The van der Waals surface area contributed by atoms with E-state index >= 15 is 0 Å². The van der Waals surface area contributed by atoms with E-state index in [1.54, 1.807) is 19.1 Å². The van der Waals surface area contributed by atoms with Crippen LogP contribution in [0.1, 0.15) is 39.0 Å². The van der Waals surface area contributed by atoms with Crippen LogP contribution in [0.25, 0.3) is 0 Å². The van der Waals surface area contributed by atoms with Crippen LogP contribution in [0.4, 0.5) is 0 Å². The van der Waals surface area contributed by atoms with E-state index in [4.69, 9.17) is 21.1 Å². The number of halogens is 1. The van der Waals surface area contributed by atoms with E-state index in [-0.39, 0.29) is 29.1 Å². The maximum absolute atomic E-state index is 13.2. The van der Waals surface area contributed by atoms with Crippen LogP contribution in [-0.4, -0.2) is 91.5 Å². The summed E-state index contributed by atoms with van der Waals surface area (Å²) in [6.07, 6.45) is 3.25. The number of piperidine rings is 2. The average Bonchev–Trinajstić information content (AvgIpc) is 2.88. The zero-order chi connectivity index (χ0) is 24.8. The molecule has 3 heterocycles. The minimum atomic E-state index is -0.341. The van der Waals surface area contributed by atoms with E-state index in [2.05, 4.69) is 0 Å². The summed E-state index contributed by atoms with van der Waals surface area (Å²) >= 11 is 6.12. The molecule has 8 nitrogen and oxygen atoms in total. The molecule has 3 saturated heterocycles. The number of likely N-dealkylation sites (tertiary alicyclic amines) is 2. The Kier molecular flexibility index (Phi) is 8.55. The van der Waals surface area contributed by atoms with E-state index in [9.17, 15) is 14.4 Å². The number of carbonyl (C=O) groups is 3. The van der Waals surface area contributed by atoms with Crippen molar-refractivity contribution >= 4 is 29.3 Å². The Bertz CT molecular complexity index is 904. The summed E-state index contributed by atoms with van der Waals surface area (Å²) in [4.78, 5) is 43.6. The Labute approximate surface area is 212 Å². The third-order valence-electron chi connectivity index (χ3n) is 7.66. The van der Waals surface area contributed by atoms with E-state index in [1.165, 1.54) is 0 Å². The van der Waals surface area contributed by atoms with E-state index < -0.39 is 0 Å². The van der Waals surface area contributed by atoms with Crippen LogP contribution >= 0.6 is 11.6 Å². The van der Waals surface area contributed by atoms with Crippen LogP contribution < -0.4 is 4.74 Å². The van der Waals surface area contributed by atoms with Crippen molar-refractivity contribution in [2.24, 2.45) is 11.3 Å². The number of benzene rings is 1. The molecular formula is C26H36ClN3O5. The van der Waals surface area contributed by atoms with Gasteiger partial charge in [0.05, 0.1) is 19.8 Å². The molecule has 3 aliphatic rings. The zero-order valence-electron chi connectivity index (χ0n) is 20.5. The molecule has 0 aliphatic carbocycles. The topological polar surface area (TPSA) is 79.4 Å². The molecule has 0 unspecified atom stereocenters. The fourth-order valence-electron chi connectivity index (χ4n) is 5.31. The van der Waals surface area contributed by atoms with Gasteiger partial charge < -0.3 is 24.2 Å². The minimum absolute atomic E-state index is 0.0317. The quantitative estimate of drug-likeness (QED) is 0.594. The van der Waals surface area contributed by atoms with Gasteiger partial charge in [-0.1, -0.05) is 17.7 Å². The number of nitrogens with zero attached hydrogens (tertiary/aromatic N) is 3. The summed E-state index contributed by atoms with van der Waals surface area (Å²) in [7, 11) is 0. The van der Waals surface area contributed by atoms with Gasteiger partial charge in [-0.25, -0.2) is 0 Å². The third-order valence-corrected chi connectivity index (χ3v) is 7.89. The van der Waals surface area contributed by atoms with Crippen molar-refractivity contribution in [1.29, 1.82) is 0 Å². The van der Waals surface area contributed by atoms with Crippen molar-refractivity contribution < 1.29 is 23.9 Å². The molecule has 0 radical (unpaired) electrons. The maximum atomic E-state index is 13.2. The molecule has 192 valence electrons. The number of hydrogen-bond acceptors (Lipinski definition) is 5. The molecule has 9 heteroatoms. The molecule has 0 spiro atoms. The van der Waals surface area contributed by atoms with Crippen molar-refractivity contribution in [3.63, 3.8) is 0 Å². The van der Waals surface area contributed by atoms with Crippen molar-refractivity contribution in [2.45, 2.75) is 39.0 Å². The molecule has 35 heavy (non-hydrogen) atoms. The SMILES string of the molecule is CC(=O)N1CCC(C(=O)N2CCC(COc3cccc(Cl)c3)(CC(=O)N3CCOCC3)CC2)CC1. The zero-order valence-corrected chi connectivity index (χ0v) is 21.3. The molecule has 4 rings (SSSR count). The first-order valence-corrected chi connectivity index (χ1v) is 13.0. The number of carbonyl (C=O) groups excluding carboxylic acids is 3. The molecule has 0 atom stereocenters. The van der Waals surface area contributed by atoms with Gasteiger partial charge in [0.1, 0.15) is 5.75 Å². The molecule has 0 bridgehead atoms. The average molecular weight is 506 g/mol. The van der Waals surface area contributed by atoms with Gasteiger partial charge in [-0.15, -0.1) is 0 Å². The molecule has 0 N–H and O–H groups in total. The number of ether oxygens (including phenoxy) is 2. The second kappa shape index (κ2) is 11.6. The second-order valence-electron chi connectivity index (χ2n) is 10.0. The monoisotopic (exact) mass is 505 g/mol. The maximum Gasteiger partial charge on any atom is 0.225 e. The summed E-state index contributed by atoms with van der Waals surface area (Å²) in [6.45, 7) is 6.88. The van der Waals surface area contributed by atoms with Crippen LogP contribution in [0.3, 0.4) is 0 Å². The Morgan fingerprint density at radius 2 is 1.69 bits per heavy atom. The Morgan fingerprint density at radius 3 is 2.31 bits per heavy atom. The highest BCUT2D eigenvalue weighted by Crippen LogP contribution is 2.38.